The zero-order valence-corrected chi connectivity index (χ0v) is 13.2. The summed E-state index contributed by atoms with van der Waals surface area (Å²) in [6, 6.07) is 10.0. The summed E-state index contributed by atoms with van der Waals surface area (Å²) >= 11 is 6.04. The Labute approximate surface area is 133 Å². The molecule has 116 valence electrons. The van der Waals surface area contributed by atoms with Gasteiger partial charge in [-0.25, -0.2) is 0 Å². The number of nitrogens with one attached hydrogen (secondary N) is 1. The van der Waals surface area contributed by atoms with Crippen LogP contribution in [0.25, 0.3) is 0 Å². The molecule has 0 aromatic heterocycles. The van der Waals surface area contributed by atoms with E-state index in [0.29, 0.717) is 33.5 Å². The lowest BCUT2D eigenvalue weighted by Crippen LogP contribution is -2.13. The van der Waals surface area contributed by atoms with E-state index in [9.17, 15) is 4.79 Å². The number of amides is 1. The molecule has 2 aromatic carbocycles. The molecule has 0 bridgehead atoms. The van der Waals surface area contributed by atoms with Crippen LogP contribution in [0, 0.1) is 0 Å². The number of rotatable bonds is 5. The molecule has 0 spiro atoms. The van der Waals surface area contributed by atoms with Crippen molar-refractivity contribution in [3.8, 4) is 17.2 Å². The number of anilines is 1. The number of halogens is 1. The number of carbonyl (C=O) groups excluding carboxylic acids is 1. The SMILES string of the molecule is COc1cccc(C(=O)Nc2cc(OC)c(Cl)cc2OC)c1. The maximum Gasteiger partial charge on any atom is 0.255 e. The van der Waals surface area contributed by atoms with Gasteiger partial charge < -0.3 is 19.5 Å². The van der Waals surface area contributed by atoms with Crippen LogP contribution in [0.5, 0.6) is 17.2 Å². The second kappa shape index (κ2) is 7.04. The Morgan fingerprint density at radius 2 is 1.73 bits per heavy atom. The fourth-order valence-electron chi connectivity index (χ4n) is 1.92. The van der Waals surface area contributed by atoms with Gasteiger partial charge in [0, 0.05) is 17.7 Å². The van der Waals surface area contributed by atoms with Gasteiger partial charge in [-0.1, -0.05) is 17.7 Å². The average molecular weight is 322 g/mol. The van der Waals surface area contributed by atoms with Crippen molar-refractivity contribution in [3.63, 3.8) is 0 Å². The maximum absolute atomic E-state index is 12.3. The molecule has 0 aliphatic carbocycles. The van der Waals surface area contributed by atoms with Crippen LogP contribution in [-0.2, 0) is 0 Å². The molecule has 1 amide bonds. The summed E-state index contributed by atoms with van der Waals surface area (Å²) in [5.41, 5.74) is 0.937. The first-order valence-electron chi connectivity index (χ1n) is 6.46. The first-order chi connectivity index (χ1) is 10.6. The standard InChI is InChI=1S/C16H16ClNO4/c1-20-11-6-4-5-10(7-11)16(19)18-13-9-14(21-2)12(17)8-15(13)22-3/h4-9H,1-3H3,(H,18,19). The topological polar surface area (TPSA) is 56.8 Å². The third kappa shape index (κ3) is 3.43. The highest BCUT2D eigenvalue weighted by Gasteiger charge is 2.14. The molecular weight excluding hydrogens is 306 g/mol. The molecule has 0 heterocycles. The van der Waals surface area contributed by atoms with Crippen LogP contribution in [-0.4, -0.2) is 27.2 Å². The van der Waals surface area contributed by atoms with Gasteiger partial charge in [0.2, 0.25) is 0 Å². The summed E-state index contributed by atoms with van der Waals surface area (Å²) in [5, 5.41) is 3.17. The highest BCUT2D eigenvalue weighted by atomic mass is 35.5. The molecule has 0 atom stereocenters. The lowest BCUT2D eigenvalue weighted by molar-refractivity contribution is 0.102. The number of hydrogen-bond acceptors (Lipinski definition) is 4. The lowest BCUT2D eigenvalue weighted by Gasteiger charge is -2.13. The number of benzene rings is 2. The first kappa shape index (κ1) is 16.0. The Morgan fingerprint density at radius 3 is 2.36 bits per heavy atom. The Kier molecular flexibility index (Phi) is 5.12. The zero-order valence-electron chi connectivity index (χ0n) is 12.5. The van der Waals surface area contributed by atoms with Crippen molar-refractivity contribution in [2.45, 2.75) is 0 Å². The van der Waals surface area contributed by atoms with Crippen molar-refractivity contribution in [1.29, 1.82) is 0 Å². The molecule has 0 saturated heterocycles. The molecule has 22 heavy (non-hydrogen) atoms. The molecule has 0 radical (unpaired) electrons. The molecule has 2 aromatic rings. The van der Waals surface area contributed by atoms with Crippen LogP contribution >= 0.6 is 11.6 Å². The van der Waals surface area contributed by atoms with Gasteiger partial charge >= 0.3 is 0 Å². The van der Waals surface area contributed by atoms with Crippen molar-refractivity contribution in [2.75, 3.05) is 26.6 Å². The van der Waals surface area contributed by atoms with Crippen LogP contribution in [0.3, 0.4) is 0 Å². The number of carbonyl (C=O) groups is 1. The van der Waals surface area contributed by atoms with Crippen molar-refractivity contribution in [3.05, 3.63) is 47.0 Å². The number of methoxy groups -OCH3 is 3. The van der Waals surface area contributed by atoms with E-state index in [1.54, 1.807) is 43.5 Å². The van der Waals surface area contributed by atoms with Crippen molar-refractivity contribution in [2.24, 2.45) is 0 Å². The minimum atomic E-state index is -0.290. The van der Waals surface area contributed by atoms with E-state index < -0.39 is 0 Å². The molecule has 0 aliphatic rings. The van der Waals surface area contributed by atoms with Gasteiger partial charge in [-0.3, -0.25) is 4.79 Å². The molecule has 6 heteroatoms. The van der Waals surface area contributed by atoms with E-state index in [0.717, 1.165) is 0 Å². The third-order valence-corrected chi connectivity index (χ3v) is 3.35. The lowest BCUT2D eigenvalue weighted by atomic mass is 10.2. The quantitative estimate of drug-likeness (QED) is 0.914. The van der Waals surface area contributed by atoms with Crippen molar-refractivity contribution in [1.82, 2.24) is 0 Å². The molecule has 0 unspecified atom stereocenters. The minimum Gasteiger partial charge on any atom is -0.497 e. The van der Waals surface area contributed by atoms with E-state index in [-0.39, 0.29) is 5.91 Å². The van der Waals surface area contributed by atoms with Gasteiger partial charge in [-0.2, -0.15) is 0 Å². The second-order valence-corrected chi connectivity index (χ2v) is 4.78. The predicted molar refractivity (Wildman–Crippen MR) is 85.5 cm³/mol. The van der Waals surface area contributed by atoms with Crippen LogP contribution in [0.4, 0.5) is 5.69 Å². The average Bonchev–Trinajstić information content (AvgIpc) is 2.55. The van der Waals surface area contributed by atoms with E-state index in [2.05, 4.69) is 5.32 Å². The summed E-state index contributed by atoms with van der Waals surface area (Å²) in [5.74, 6) is 1.21. The fraction of sp³-hybridized carbons (Fsp3) is 0.188. The maximum atomic E-state index is 12.3. The predicted octanol–water partition coefficient (Wildman–Crippen LogP) is 3.62. The van der Waals surface area contributed by atoms with Crippen molar-refractivity contribution >= 4 is 23.2 Å². The second-order valence-electron chi connectivity index (χ2n) is 4.37. The first-order valence-corrected chi connectivity index (χ1v) is 6.83. The number of hydrogen-bond donors (Lipinski definition) is 1. The summed E-state index contributed by atoms with van der Waals surface area (Å²) in [7, 11) is 4.55. The molecule has 0 fully saturated rings. The number of ether oxygens (including phenoxy) is 3. The summed E-state index contributed by atoms with van der Waals surface area (Å²) in [4.78, 5) is 12.3. The largest absolute Gasteiger partial charge is 0.497 e. The Bertz CT molecular complexity index is 688. The smallest absolute Gasteiger partial charge is 0.255 e. The zero-order chi connectivity index (χ0) is 16.1. The van der Waals surface area contributed by atoms with E-state index in [1.165, 1.54) is 14.2 Å². The van der Waals surface area contributed by atoms with Gasteiger partial charge in [-0.15, -0.1) is 0 Å². The van der Waals surface area contributed by atoms with E-state index in [1.807, 2.05) is 0 Å². The Balaban J connectivity index is 2.30. The fourth-order valence-corrected chi connectivity index (χ4v) is 2.15. The van der Waals surface area contributed by atoms with Crippen molar-refractivity contribution < 1.29 is 19.0 Å². The van der Waals surface area contributed by atoms with Gasteiger partial charge in [0.25, 0.3) is 5.91 Å². The summed E-state index contributed by atoms with van der Waals surface area (Å²) < 4.78 is 15.5. The minimum absolute atomic E-state index is 0.290. The summed E-state index contributed by atoms with van der Waals surface area (Å²) in [6.45, 7) is 0. The van der Waals surface area contributed by atoms with Crippen LogP contribution in [0.15, 0.2) is 36.4 Å². The molecule has 0 aliphatic heterocycles. The van der Waals surface area contributed by atoms with Crippen LogP contribution < -0.4 is 19.5 Å². The molecular formula is C16H16ClNO4. The highest BCUT2D eigenvalue weighted by Crippen LogP contribution is 2.36. The van der Waals surface area contributed by atoms with Gasteiger partial charge in [-0.05, 0) is 18.2 Å². The van der Waals surface area contributed by atoms with E-state index >= 15 is 0 Å². The van der Waals surface area contributed by atoms with Crippen LogP contribution in [0.1, 0.15) is 10.4 Å². The van der Waals surface area contributed by atoms with Gasteiger partial charge in [0.05, 0.1) is 32.0 Å². The molecule has 0 saturated carbocycles. The highest BCUT2D eigenvalue weighted by molar-refractivity contribution is 6.32. The Morgan fingerprint density at radius 1 is 1.00 bits per heavy atom. The van der Waals surface area contributed by atoms with Gasteiger partial charge in [0.1, 0.15) is 17.2 Å². The normalized spacial score (nSPS) is 10.0. The Hall–Kier alpha value is -2.40. The summed E-state index contributed by atoms with van der Waals surface area (Å²) in [6.07, 6.45) is 0. The monoisotopic (exact) mass is 321 g/mol. The molecule has 5 nitrogen and oxygen atoms in total. The molecule has 1 N–H and O–H groups in total. The van der Waals surface area contributed by atoms with Crippen LogP contribution in [0.2, 0.25) is 5.02 Å². The third-order valence-electron chi connectivity index (χ3n) is 3.05. The van der Waals surface area contributed by atoms with E-state index in [4.69, 9.17) is 25.8 Å². The molecule has 2 rings (SSSR count). The van der Waals surface area contributed by atoms with Gasteiger partial charge in [0.15, 0.2) is 0 Å².